The molecule has 2 heteroatoms. The lowest BCUT2D eigenvalue weighted by Crippen LogP contribution is -2.12. The molecule has 0 saturated carbocycles. The van der Waals surface area contributed by atoms with Crippen molar-refractivity contribution in [3.8, 4) is 0 Å². The number of allylic oxidation sites excluding steroid dienone is 1. The number of hydrogen-bond acceptors (Lipinski definition) is 2. The first kappa shape index (κ1) is 14.5. The van der Waals surface area contributed by atoms with E-state index < -0.39 is 0 Å². The van der Waals surface area contributed by atoms with E-state index in [2.05, 4.69) is 17.4 Å². The van der Waals surface area contributed by atoms with Crippen molar-refractivity contribution in [3.05, 3.63) is 107 Å². The molecule has 0 aromatic heterocycles. The average Bonchev–Trinajstić information content (AvgIpc) is 2.94. The van der Waals surface area contributed by atoms with Crippen molar-refractivity contribution in [1.29, 1.82) is 0 Å². The summed E-state index contributed by atoms with van der Waals surface area (Å²) >= 11 is 0. The fourth-order valence-corrected chi connectivity index (χ4v) is 3.13. The Morgan fingerprint density at radius 2 is 1.25 bits per heavy atom. The minimum atomic E-state index is 0.0901. The summed E-state index contributed by atoms with van der Waals surface area (Å²) in [5, 5.41) is 3.49. The molecule has 3 aromatic carbocycles. The highest BCUT2D eigenvalue weighted by Gasteiger charge is 2.29. The van der Waals surface area contributed by atoms with Crippen LogP contribution in [0.25, 0.3) is 11.3 Å². The number of rotatable bonds is 4. The number of Topliss-reactive ketones (excluding diaryl/α,β-unsaturated/α-hetero) is 1. The van der Waals surface area contributed by atoms with E-state index in [-0.39, 0.29) is 5.78 Å². The molecule has 3 aromatic rings. The van der Waals surface area contributed by atoms with Gasteiger partial charge in [-0.15, -0.1) is 0 Å². The van der Waals surface area contributed by atoms with Crippen LogP contribution in [0.1, 0.15) is 27.0 Å². The first-order valence-electron chi connectivity index (χ1n) is 8.06. The molecule has 0 spiro atoms. The van der Waals surface area contributed by atoms with E-state index in [1.807, 2.05) is 72.8 Å². The second kappa shape index (κ2) is 6.17. The smallest absolute Gasteiger partial charge is 0.196 e. The van der Waals surface area contributed by atoms with Crippen LogP contribution in [0, 0.1) is 0 Å². The van der Waals surface area contributed by atoms with Crippen molar-refractivity contribution in [2.45, 2.75) is 6.54 Å². The van der Waals surface area contributed by atoms with Gasteiger partial charge in [-0.05, 0) is 11.1 Å². The van der Waals surface area contributed by atoms with Gasteiger partial charge in [-0.2, -0.15) is 0 Å². The normalized spacial score (nSPS) is 13.1. The molecule has 1 aliphatic rings. The fraction of sp³-hybridized carbons (Fsp3) is 0.0455. The predicted octanol–water partition coefficient (Wildman–Crippen LogP) is 4.54. The SMILES string of the molecule is O=C1C(c2ccccc2)=C(NCc2ccccc2)c2ccccc21. The molecule has 116 valence electrons. The van der Waals surface area contributed by atoms with Gasteiger partial charge in [0.15, 0.2) is 5.78 Å². The number of ketones is 1. The zero-order valence-electron chi connectivity index (χ0n) is 13.2. The van der Waals surface area contributed by atoms with Crippen molar-refractivity contribution >= 4 is 17.1 Å². The zero-order valence-corrected chi connectivity index (χ0v) is 13.2. The molecule has 0 radical (unpaired) electrons. The number of carbonyl (C=O) groups is 1. The summed E-state index contributed by atoms with van der Waals surface area (Å²) in [5.41, 5.74) is 5.58. The Morgan fingerprint density at radius 3 is 1.96 bits per heavy atom. The van der Waals surface area contributed by atoms with Crippen molar-refractivity contribution in [1.82, 2.24) is 5.32 Å². The number of fused-ring (bicyclic) bond motifs is 1. The second-order valence-corrected chi connectivity index (χ2v) is 5.83. The third-order valence-electron chi connectivity index (χ3n) is 4.29. The fourth-order valence-electron chi connectivity index (χ4n) is 3.13. The molecular formula is C22H17NO. The molecule has 2 nitrogen and oxygen atoms in total. The van der Waals surface area contributed by atoms with Crippen LogP contribution in [-0.4, -0.2) is 5.78 Å². The van der Waals surface area contributed by atoms with Gasteiger partial charge < -0.3 is 5.32 Å². The largest absolute Gasteiger partial charge is 0.380 e. The van der Waals surface area contributed by atoms with E-state index in [9.17, 15) is 4.79 Å². The summed E-state index contributed by atoms with van der Waals surface area (Å²) in [5.74, 6) is 0.0901. The van der Waals surface area contributed by atoms with Crippen molar-refractivity contribution in [2.75, 3.05) is 0 Å². The highest BCUT2D eigenvalue weighted by atomic mass is 16.1. The maximum absolute atomic E-state index is 12.9. The minimum Gasteiger partial charge on any atom is -0.380 e. The standard InChI is InChI=1S/C22H17NO/c24-22-19-14-8-7-13-18(19)21(20(22)17-11-5-2-6-12-17)23-15-16-9-3-1-4-10-16/h1-14,23H,15H2. The van der Waals surface area contributed by atoms with E-state index in [1.54, 1.807) is 0 Å². The Hall–Kier alpha value is -3.13. The van der Waals surface area contributed by atoms with E-state index in [4.69, 9.17) is 0 Å². The van der Waals surface area contributed by atoms with Gasteiger partial charge in [-0.25, -0.2) is 0 Å². The maximum atomic E-state index is 12.9. The van der Waals surface area contributed by atoms with Crippen LogP contribution in [0.5, 0.6) is 0 Å². The first-order valence-corrected chi connectivity index (χ1v) is 8.06. The molecule has 0 saturated heterocycles. The van der Waals surface area contributed by atoms with Crippen LogP contribution < -0.4 is 5.32 Å². The number of benzene rings is 3. The van der Waals surface area contributed by atoms with Gasteiger partial charge in [-0.3, -0.25) is 4.79 Å². The van der Waals surface area contributed by atoms with E-state index in [0.717, 1.165) is 28.0 Å². The van der Waals surface area contributed by atoms with Gasteiger partial charge in [0.25, 0.3) is 0 Å². The van der Waals surface area contributed by atoms with Gasteiger partial charge >= 0.3 is 0 Å². The summed E-state index contributed by atoms with van der Waals surface area (Å²) in [6.07, 6.45) is 0. The topological polar surface area (TPSA) is 29.1 Å². The molecule has 1 N–H and O–H groups in total. The molecule has 0 fully saturated rings. The minimum absolute atomic E-state index is 0.0901. The molecule has 1 aliphatic carbocycles. The lowest BCUT2D eigenvalue weighted by Gasteiger charge is -2.11. The van der Waals surface area contributed by atoms with Crippen LogP contribution in [-0.2, 0) is 6.54 Å². The molecule has 24 heavy (non-hydrogen) atoms. The van der Waals surface area contributed by atoms with E-state index in [1.165, 1.54) is 5.56 Å². The molecule has 4 rings (SSSR count). The number of carbonyl (C=O) groups excluding carboxylic acids is 1. The molecule has 0 atom stereocenters. The van der Waals surface area contributed by atoms with Gasteiger partial charge in [0.2, 0.25) is 0 Å². The van der Waals surface area contributed by atoms with Gasteiger partial charge in [0.1, 0.15) is 0 Å². The monoisotopic (exact) mass is 311 g/mol. The van der Waals surface area contributed by atoms with Gasteiger partial charge in [0, 0.05) is 17.7 Å². The van der Waals surface area contributed by atoms with Crippen LogP contribution in [0.3, 0.4) is 0 Å². The quantitative estimate of drug-likeness (QED) is 0.766. The molecular weight excluding hydrogens is 294 g/mol. The average molecular weight is 311 g/mol. The molecule has 0 unspecified atom stereocenters. The highest BCUT2D eigenvalue weighted by Crippen LogP contribution is 2.36. The van der Waals surface area contributed by atoms with E-state index in [0.29, 0.717) is 6.54 Å². The first-order chi connectivity index (χ1) is 11.8. The summed E-state index contributed by atoms with van der Waals surface area (Å²) in [7, 11) is 0. The predicted molar refractivity (Wildman–Crippen MR) is 97.3 cm³/mol. The van der Waals surface area contributed by atoms with Crippen LogP contribution in [0.4, 0.5) is 0 Å². The van der Waals surface area contributed by atoms with E-state index >= 15 is 0 Å². The molecule has 0 heterocycles. The Morgan fingerprint density at radius 1 is 0.667 bits per heavy atom. The maximum Gasteiger partial charge on any atom is 0.196 e. The van der Waals surface area contributed by atoms with Crippen molar-refractivity contribution in [3.63, 3.8) is 0 Å². The van der Waals surface area contributed by atoms with Crippen LogP contribution >= 0.6 is 0 Å². The molecule has 0 aliphatic heterocycles. The van der Waals surface area contributed by atoms with Crippen LogP contribution in [0.2, 0.25) is 0 Å². The Labute approximate surface area is 141 Å². The highest BCUT2D eigenvalue weighted by molar-refractivity contribution is 6.39. The van der Waals surface area contributed by atoms with Crippen molar-refractivity contribution < 1.29 is 4.79 Å². The molecule has 0 bridgehead atoms. The Kier molecular flexibility index (Phi) is 3.72. The van der Waals surface area contributed by atoms with Gasteiger partial charge in [-0.1, -0.05) is 84.9 Å². The van der Waals surface area contributed by atoms with Gasteiger partial charge in [0.05, 0.1) is 11.3 Å². The summed E-state index contributed by atoms with van der Waals surface area (Å²) < 4.78 is 0. The Bertz CT molecular complexity index is 911. The summed E-state index contributed by atoms with van der Waals surface area (Å²) in [6, 6.07) is 27.9. The number of hydrogen-bond donors (Lipinski definition) is 1. The lowest BCUT2D eigenvalue weighted by molar-refractivity contribution is 0.105. The third kappa shape index (κ3) is 2.52. The second-order valence-electron chi connectivity index (χ2n) is 5.83. The zero-order chi connectivity index (χ0) is 16.4. The van der Waals surface area contributed by atoms with Crippen LogP contribution in [0.15, 0.2) is 84.9 Å². The Balaban J connectivity index is 1.77. The summed E-state index contributed by atoms with van der Waals surface area (Å²) in [6.45, 7) is 0.689. The van der Waals surface area contributed by atoms with Crippen molar-refractivity contribution in [2.24, 2.45) is 0 Å². The third-order valence-corrected chi connectivity index (χ3v) is 4.29. The number of nitrogens with one attached hydrogen (secondary N) is 1. The lowest BCUT2D eigenvalue weighted by atomic mass is 10.0. The summed E-state index contributed by atoms with van der Waals surface area (Å²) in [4.78, 5) is 12.9. The molecule has 0 amide bonds.